The van der Waals surface area contributed by atoms with E-state index in [9.17, 15) is 18.0 Å². The Hall–Kier alpha value is -2.15. The minimum absolute atomic E-state index is 0.0699. The smallest absolute Gasteiger partial charge is 0.310 e. The van der Waals surface area contributed by atoms with Crippen LogP contribution in [0.15, 0.2) is 46.2 Å². The van der Waals surface area contributed by atoms with Gasteiger partial charge in [0.15, 0.2) is 0 Å². The number of benzene rings is 1. The van der Waals surface area contributed by atoms with Crippen LogP contribution in [0.2, 0.25) is 0 Å². The normalized spacial score (nSPS) is 20.5. The summed E-state index contributed by atoms with van der Waals surface area (Å²) in [6.45, 7) is 3.71. The molecule has 0 unspecified atom stereocenters. The van der Waals surface area contributed by atoms with Crippen molar-refractivity contribution in [2.45, 2.75) is 31.6 Å². The lowest BCUT2D eigenvalue weighted by atomic mass is 9.83. The molecule has 0 aliphatic heterocycles. The van der Waals surface area contributed by atoms with Crippen molar-refractivity contribution in [3.05, 3.63) is 41.3 Å². The molecular weight excluding hydrogens is 344 g/mol. The van der Waals surface area contributed by atoms with Crippen molar-refractivity contribution in [1.82, 2.24) is 0 Å². The zero-order valence-electron chi connectivity index (χ0n) is 14.3. The second-order valence-corrected chi connectivity index (χ2v) is 7.65. The molecule has 0 saturated heterocycles. The first-order chi connectivity index (χ1) is 11.9. The fraction of sp³-hybridized carbons (Fsp3) is 0.444. The molecule has 0 aromatic heterocycles. The first-order valence-corrected chi connectivity index (χ1v) is 9.72. The third-order valence-electron chi connectivity index (χ3n) is 4.08. The topological polar surface area (TPSA) is 86.7 Å². The molecule has 1 aromatic rings. The van der Waals surface area contributed by atoms with E-state index in [2.05, 4.69) is 0 Å². The lowest BCUT2D eigenvalue weighted by molar-refractivity contribution is -0.160. The van der Waals surface area contributed by atoms with E-state index in [-0.39, 0.29) is 35.9 Å². The second kappa shape index (κ2) is 8.29. The Kier molecular flexibility index (Phi) is 6.36. The Morgan fingerprint density at radius 2 is 1.56 bits per heavy atom. The van der Waals surface area contributed by atoms with E-state index in [1.54, 1.807) is 32.0 Å². The maximum absolute atomic E-state index is 12.8. The van der Waals surface area contributed by atoms with Crippen LogP contribution in [-0.4, -0.2) is 33.6 Å². The molecule has 0 radical (unpaired) electrons. The summed E-state index contributed by atoms with van der Waals surface area (Å²) in [7, 11) is -3.70. The van der Waals surface area contributed by atoms with E-state index in [1.807, 2.05) is 0 Å². The zero-order valence-corrected chi connectivity index (χ0v) is 15.1. The Morgan fingerprint density at radius 1 is 1.00 bits per heavy atom. The van der Waals surface area contributed by atoms with Crippen molar-refractivity contribution in [3.8, 4) is 0 Å². The monoisotopic (exact) mass is 366 g/mol. The lowest BCUT2D eigenvalue weighted by Gasteiger charge is -2.28. The molecule has 6 nitrogen and oxygen atoms in total. The molecule has 0 spiro atoms. The van der Waals surface area contributed by atoms with Crippen LogP contribution in [0.5, 0.6) is 0 Å². The quantitative estimate of drug-likeness (QED) is 0.719. The van der Waals surface area contributed by atoms with Gasteiger partial charge in [0.25, 0.3) is 0 Å². The predicted molar refractivity (Wildman–Crippen MR) is 91.2 cm³/mol. The van der Waals surface area contributed by atoms with Crippen molar-refractivity contribution < 1.29 is 27.5 Å². The van der Waals surface area contributed by atoms with Gasteiger partial charge in [-0.05, 0) is 38.8 Å². The number of hydrogen-bond donors (Lipinski definition) is 0. The van der Waals surface area contributed by atoms with E-state index in [4.69, 9.17) is 9.47 Å². The van der Waals surface area contributed by atoms with Crippen LogP contribution in [0.25, 0.3) is 0 Å². The minimum Gasteiger partial charge on any atom is -0.466 e. The highest BCUT2D eigenvalue weighted by Gasteiger charge is 2.41. The van der Waals surface area contributed by atoms with Crippen LogP contribution in [-0.2, 0) is 28.9 Å². The number of ether oxygens (including phenoxy) is 2. The molecule has 0 bridgehead atoms. The van der Waals surface area contributed by atoms with Gasteiger partial charge in [0.05, 0.1) is 29.9 Å². The minimum atomic E-state index is -3.70. The number of rotatable bonds is 6. The second-order valence-electron chi connectivity index (χ2n) is 5.64. The fourth-order valence-corrected chi connectivity index (χ4v) is 4.37. The maximum atomic E-state index is 12.8. The number of allylic oxidation sites excluding steroid dienone is 2. The summed E-state index contributed by atoms with van der Waals surface area (Å²) in [6, 6.07) is 8.02. The van der Waals surface area contributed by atoms with Gasteiger partial charge < -0.3 is 9.47 Å². The molecule has 0 heterocycles. The SMILES string of the molecule is CCOC(=O)[C@@H]1CC=C(S(=O)(=O)c2ccccc2)C[C@H]1C(=O)OCC. The first kappa shape index (κ1) is 19.2. The number of carbonyl (C=O) groups is 2. The third kappa shape index (κ3) is 4.28. The van der Waals surface area contributed by atoms with Gasteiger partial charge in [0.1, 0.15) is 0 Å². The van der Waals surface area contributed by atoms with E-state index in [1.165, 1.54) is 18.2 Å². The Morgan fingerprint density at radius 3 is 2.12 bits per heavy atom. The number of hydrogen-bond acceptors (Lipinski definition) is 6. The lowest BCUT2D eigenvalue weighted by Crippen LogP contribution is -2.35. The Bertz CT molecular complexity index is 751. The summed E-state index contributed by atoms with van der Waals surface area (Å²) in [6.07, 6.45) is 1.57. The average molecular weight is 366 g/mol. The van der Waals surface area contributed by atoms with Crippen molar-refractivity contribution in [2.75, 3.05) is 13.2 Å². The third-order valence-corrected chi connectivity index (χ3v) is 6.00. The maximum Gasteiger partial charge on any atom is 0.310 e. The largest absolute Gasteiger partial charge is 0.466 e. The average Bonchev–Trinajstić information content (AvgIpc) is 2.62. The molecular formula is C18H22O6S. The molecule has 0 saturated carbocycles. The van der Waals surface area contributed by atoms with Gasteiger partial charge in [-0.1, -0.05) is 24.3 Å². The first-order valence-electron chi connectivity index (χ1n) is 8.24. The van der Waals surface area contributed by atoms with Gasteiger partial charge in [-0.25, -0.2) is 8.42 Å². The van der Waals surface area contributed by atoms with Gasteiger partial charge in [-0.15, -0.1) is 0 Å². The molecule has 2 rings (SSSR count). The highest BCUT2D eigenvalue weighted by atomic mass is 32.2. The summed E-state index contributed by atoms with van der Waals surface area (Å²) in [5, 5.41) is 0. The molecule has 25 heavy (non-hydrogen) atoms. The number of carbonyl (C=O) groups excluding carboxylic acids is 2. The zero-order chi connectivity index (χ0) is 18.4. The summed E-state index contributed by atoms with van der Waals surface area (Å²) in [4.78, 5) is 24.7. The fourth-order valence-electron chi connectivity index (χ4n) is 2.84. The summed E-state index contributed by atoms with van der Waals surface area (Å²) >= 11 is 0. The molecule has 1 aliphatic carbocycles. The van der Waals surface area contributed by atoms with Crippen molar-refractivity contribution in [1.29, 1.82) is 0 Å². The molecule has 0 fully saturated rings. The standard InChI is InChI=1S/C18H22O6S/c1-3-23-17(19)15-11-10-14(12-16(15)18(20)24-4-2)25(21,22)13-8-6-5-7-9-13/h5-10,15-16H,3-4,11-12H2,1-2H3/t15-,16-/m1/s1. The molecule has 0 amide bonds. The Balaban J connectivity index is 2.34. The van der Waals surface area contributed by atoms with Crippen LogP contribution in [0.3, 0.4) is 0 Å². The van der Waals surface area contributed by atoms with Gasteiger partial charge in [0, 0.05) is 4.91 Å². The predicted octanol–water partition coefficient (Wildman–Crippen LogP) is 2.50. The molecule has 1 aliphatic rings. The highest BCUT2D eigenvalue weighted by molar-refractivity contribution is 7.95. The van der Waals surface area contributed by atoms with Gasteiger partial charge in [-0.3, -0.25) is 9.59 Å². The Labute approximate surface area is 147 Å². The summed E-state index contributed by atoms with van der Waals surface area (Å²) < 4.78 is 35.6. The van der Waals surface area contributed by atoms with Gasteiger partial charge in [-0.2, -0.15) is 0 Å². The van der Waals surface area contributed by atoms with Crippen LogP contribution in [0, 0.1) is 11.8 Å². The summed E-state index contributed by atoms with van der Waals surface area (Å²) in [5.74, 6) is -2.67. The van der Waals surface area contributed by atoms with Crippen LogP contribution >= 0.6 is 0 Å². The highest BCUT2D eigenvalue weighted by Crippen LogP contribution is 2.36. The molecule has 136 valence electrons. The van der Waals surface area contributed by atoms with Gasteiger partial charge >= 0.3 is 11.9 Å². The van der Waals surface area contributed by atoms with Crippen LogP contribution in [0.4, 0.5) is 0 Å². The van der Waals surface area contributed by atoms with E-state index >= 15 is 0 Å². The number of esters is 2. The van der Waals surface area contributed by atoms with E-state index in [0.717, 1.165) is 0 Å². The van der Waals surface area contributed by atoms with Crippen LogP contribution in [0.1, 0.15) is 26.7 Å². The molecule has 0 N–H and O–H groups in total. The molecule has 1 aromatic carbocycles. The summed E-state index contributed by atoms with van der Waals surface area (Å²) in [5.41, 5.74) is 0. The van der Waals surface area contributed by atoms with Crippen molar-refractivity contribution in [2.24, 2.45) is 11.8 Å². The van der Waals surface area contributed by atoms with E-state index in [0.29, 0.717) is 0 Å². The van der Waals surface area contributed by atoms with Gasteiger partial charge in [0.2, 0.25) is 9.84 Å². The van der Waals surface area contributed by atoms with Crippen LogP contribution < -0.4 is 0 Å². The van der Waals surface area contributed by atoms with E-state index < -0.39 is 33.6 Å². The van der Waals surface area contributed by atoms with Crippen molar-refractivity contribution >= 4 is 21.8 Å². The molecule has 7 heteroatoms. The van der Waals surface area contributed by atoms with Crippen molar-refractivity contribution in [3.63, 3.8) is 0 Å². The number of sulfone groups is 1. The molecule has 2 atom stereocenters.